The molecule has 0 radical (unpaired) electrons. The quantitative estimate of drug-likeness (QED) is 0.864. The first-order valence-corrected chi connectivity index (χ1v) is 6.64. The topological polar surface area (TPSA) is 45.1 Å². The van der Waals surface area contributed by atoms with Crippen LogP contribution in [0.2, 0.25) is 0 Å². The molecule has 0 bridgehead atoms. The highest BCUT2D eigenvalue weighted by atomic mass is 19.1. The van der Waals surface area contributed by atoms with E-state index in [1.807, 2.05) is 6.92 Å². The first-order valence-electron chi connectivity index (χ1n) is 6.64. The zero-order valence-corrected chi connectivity index (χ0v) is 10.8. The molecule has 3 nitrogen and oxygen atoms in total. The summed E-state index contributed by atoms with van der Waals surface area (Å²) in [6, 6.07) is 1.85. The van der Waals surface area contributed by atoms with Crippen LogP contribution in [0.4, 0.5) is 4.39 Å². The minimum absolute atomic E-state index is 0.0609. The van der Waals surface area contributed by atoms with Gasteiger partial charge in [-0.15, -0.1) is 0 Å². The third kappa shape index (κ3) is 3.06. The van der Waals surface area contributed by atoms with Crippen LogP contribution in [-0.2, 0) is 5.54 Å². The van der Waals surface area contributed by atoms with Crippen molar-refractivity contribution >= 4 is 0 Å². The Morgan fingerprint density at radius 2 is 2.11 bits per heavy atom. The number of aromatic nitrogens is 1. The molecule has 1 atom stereocenters. The van der Waals surface area contributed by atoms with Gasteiger partial charge in [0.25, 0.3) is 0 Å². The van der Waals surface area contributed by atoms with E-state index in [1.165, 1.54) is 31.5 Å². The predicted molar refractivity (Wildman–Crippen MR) is 68.6 cm³/mol. The molecular weight excluding hydrogens is 231 g/mol. The van der Waals surface area contributed by atoms with E-state index in [0.717, 1.165) is 12.8 Å². The van der Waals surface area contributed by atoms with Crippen LogP contribution in [0.1, 0.15) is 44.6 Å². The lowest BCUT2D eigenvalue weighted by Crippen LogP contribution is -2.49. The average molecular weight is 252 g/mol. The molecule has 1 aliphatic rings. The lowest BCUT2D eigenvalue weighted by Gasteiger charge is -2.35. The molecule has 1 fully saturated rings. The summed E-state index contributed by atoms with van der Waals surface area (Å²) in [7, 11) is 0. The molecule has 1 saturated carbocycles. The van der Waals surface area contributed by atoms with Gasteiger partial charge in [-0.05, 0) is 31.4 Å². The molecule has 2 rings (SSSR count). The molecular formula is C14H21FN2O. The maximum Gasteiger partial charge on any atom is 0.141 e. The normalized spacial score (nSPS) is 20.6. The van der Waals surface area contributed by atoms with E-state index in [0.29, 0.717) is 11.6 Å². The Balaban J connectivity index is 2.13. The van der Waals surface area contributed by atoms with Gasteiger partial charge in [0.15, 0.2) is 0 Å². The van der Waals surface area contributed by atoms with Crippen LogP contribution in [0.15, 0.2) is 18.5 Å². The molecule has 0 aliphatic heterocycles. The number of rotatable bonds is 4. The summed E-state index contributed by atoms with van der Waals surface area (Å²) in [5.41, 5.74) is 0.0903. The lowest BCUT2D eigenvalue weighted by molar-refractivity contribution is 0.150. The standard InChI is InChI=1S/C14H21FN2O/c1-14(10-18,11-7-12(15)9-16-8-11)17-13-5-3-2-4-6-13/h7-9,13,17-18H,2-6,10H2,1H3. The molecule has 0 aromatic carbocycles. The van der Waals surface area contributed by atoms with Crippen LogP contribution in [0.5, 0.6) is 0 Å². The fourth-order valence-corrected chi connectivity index (χ4v) is 2.63. The molecule has 4 heteroatoms. The largest absolute Gasteiger partial charge is 0.394 e. The zero-order valence-electron chi connectivity index (χ0n) is 10.8. The lowest BCUT2D eigenvalue weighted by atomic mass is 9.89. The van der Waals surface area contributed by atoms with E-state index in [-0.39, 0.29) is 12.4 Å². The van der Waals surface area contributed by atoms with Gasteiger partial charge in [0, 0.05) is 12.2 Å². The van der Waals surface area contributed by atoms with Gasteiger partial charge < -0.3 is 10.4 Å². The average Bonchev–Trinajstić information content (AvgIpc) is 2.40. The molecule has 0 spiro atoms. The second kappa shape index (κ2) is 5.76. The van der Waals surface area contributed by atoms with Gasteiger partial charge >= 0.3 is 0 Å². The third-order valence-electron chi connectivity index (χ3n) is 3.79. The summed E-state index contributed by atoms with van der Waals surface area (Å²) < 4.78 is 13.2. The molecule has 1 aliphatic carbocycles. The number of hydrogen-bond donors (Lipinski definition) is 2. The fraction of sp³-hybridized carbons (Fsp3) is 0.643. The van der Waals surface area contributed by atoms with Crippen molar-refractivity contribution in [1.82, 2.24) is 10.3 Å². The van der Waals surface area contributed by atoms with Gasteiger partial charge in [0.1, 0.15) is 5.82 Å². The van der Waals surface area contributed by atoms with E-state index in [4.69, 9.17) is 0 Å². The van der Waals surface area contributed by atoms with Crippen molar-refractivity contribution in [3.05, 3.63) is 29.8 Å². The zero-order chi connectivity index (χ0) is 13.0. The van der Waals surface area contributed by atoms with E-state index in [9.17, 15) is 9.50 Å². The highest BCUT2D eigenvalue weighted by Gasteiger charge is 2.29. The van der Waals surface area contributed by atoms with Crippen molar-refractivity contribution in [3.63, 3.8) is 0 Å². The fourth-order valence-electron chi connectivity index (χ4n) is 2.63. The van der Waals surface area contributed by atoms with Gasteiger partial charge in [-0.2, -0.15) is 0 Å². The second-order valence-electron chi connectivity index (χ2n) is 5.36. The molecule has 100 valence electrons. The summed E-state index contributed by atoms with van der Waals surface area (Å²) in [5.74, 6) is -0.363. The van der Waals surface area contributed by atoms with Crippen LogP contribution >= 0.6 is 0 Å². The molecule has 0 saturated heterocycles. The summed E-state index contributed by atoms with van der Waals surface area (Å²) in [6.45, 7) is 1.84. The van der Waals surface area contributed by atoms with Gasteiger partial charge in [0.2, 0.25) is 0 Å². The first kappa shape index (κ1) is 13.4. The van der Waals surface area contributed by atoms with Crippen LogP contribution in [-0.4, -0.2) is 22.7 Å². The van der Waals surface area contributed by atoms with E-state index < -0.39 is 5.54 Å². The SMILES string of the molecule is CC(CO)(NC1CCCCC1)c1cncc(F)c1. The Kier molecular flexibility index (Phi) is 4.30. The van der Waals surface area contributed by atoms with E-state index >= 15 is 0 Å². The van der Waals surface area contributed by atoms with Crippen LogP contribution < -0.4 is 5.32 Å². The Morgan fingerprint density at radius 1 is 1.39 bits per heavy atom. The second-order valence-corrected chi connectivity index (χ2v) is 5.36. The smallest absolute Gasteiger partial charge is 0.141 e. The Morgan fingerprint density at radius 3 is 2.72 bits per heavy atom. The first-order chi connectivity index (χ1) is 8.64. The molecule has 18 heavy (non-hydrogen) atoms. The van der Waals surface area contributed by atoms with Gasteiger partial charge in [-0.3, -0.25) is 4.98 Å². The maximum atomic E-state index is 13.2. The van der Waals surface area contributed by atoms with Gasteiger partial charge in [-0.1, -0.05) is 19.3 Å². The Bertz CT molecular complexity index is 393. The number of nitrogens with one attached hydrogen (secondary N) is 1. The predicted octanol–water partition coefficient (Wildman–Crippen LogP) is 2.35. The molecule has 1 unspecified atom stereocenters. The summed E-state index contributed by atoms with van der Waals surface area (Å²) >= 11 is 0. The highest BCUT2D eigenvalue weighted by Crippen LogP contribution is 2.25. The monoisotopic (exact) mass is 252 g/mol. The number of aliphatic hydroxyl groups excluding tert-OH is 1. The van der Waals surface area contributed by atoms with Gasteiger partial charge in [-0.25, -0.2) is 4.39 Å². The minimum Gasteiger partial charge on any atom is -0.394 e. The number of nitrogens with zero attached hydrogens (tertiary/aromatic N) is 1. The molecule has 1 aromatic heterocycles. The molecule has 0 amide bonds. The Labute approximate surface area is 107 Å². The highest BCUT2D eigenvalue weighted by molar-refractivity contribution is 5.21. The van der Waals surface area contributed by atoms with Crippen molar-refractivity contribution in [2.45, 2.75) is 50.6 Å². The summed E-state index contributed by atoms with van der Waals surface area (Å²) in [5, 5.41) is 13.1. The number of pyridine rings is 1. The summed E-state index contributed by atoms with van der Waals surface area (Å²) in [4.78, 5) is 3.87. The van der Waals surface area contributed by atoms with Crippen molar-refractivity contribution < 1.29 is 9.50 Å². The Hall–Kier alpha value is -1.00. The number of aliphatic hydroxyl groups is 1. The number of hydrogen-bond acceptors (Lipinski definition) is 3. The third-order valence-corrected chi connectivity index (χ3v) is 3.79. The van der Waals surface area contributed by atoms with Crippen molar-refractivity contribution in [2.75, 3.05) is 6.61 Å². The van der Waals surface area contributed by atoms with Gasteiger partial charge in [0.05, 0.1) is 18.3 Å². The summed E-state index contributed by atoms with van der Waals surface area (Å²) in [6.07, 6.45) is 8.78. The molecule has 2 N–H and O–H groups in total. The van der Waals surface area contributed by atoms with E-state index in [2.05, 4.69) is 10.3 Å². The van der Waals surface area contributed by atoms with Crippen LogP contribution in [0.25, 0.3) is 0 Å². The maximum absolute atomic E-state index is 13.2. The van der Waals surface area contributed by atoms with Crippen molar-refractivity contribution in [2.24, 2.45) is 0 Å². The van der Waals surface area contributed by atoms with Crippen LogP contribution in [0.3, 0.4) is 0 Å². The number of halogens is 1. The molecule has 1 heterocycles. The van der Waals surface area contributed by atoms with Crippen molar-refractivity contribution in [1.29, 1.82) is 0 Å². The van der Waals surface area contributed by atoms with Crippen molar-refractivity contribution in [3.8, 4) is 0 Å². The van der Waals surface area contributed by atoms with Crippen LogP contribution in [0, 0.1) is 5.82 Å². The minimum atomic E-state index is -0.614. The van der Waals surface area contributed by atoms with E-state index in [1.54, 1.807) is 6.20 Å². The molecule has 1 aromatic rings.